The number of hydrogen-bond acceptors (Lipinski definition) is 4. The second-order valence-corrected chi connectivity index (χ2v) is 6.91. The third-order valence-electron chi connectivity index (χ3n) is 4.46. The Morgan fingerprint density at radius 1 is 1.45 bits per heavy atom. The normalized spacial score (nSPS) is 23.6. The van der Waals surface area contributed by atoms with Crippen LogP contribution in [0.4, 0.5) is 0 Å². The number of thiophene rings is 1. The quantitative estimate of drug-likeness (QED) is 0.914. The Morgan fingerprint density at radius 3 is 3.20 bits per heavy atom. The van der Waals surface area contributed by atoms with Crippen LogP contribution in [0.1, 0.15) is 23.3 Å². The van der Waals surface area contributed by atoms with E-state index in [0.29, 0.717) is 12.5 Å². The summed E-state index contributed by atoms with van der Waals surface area (Å²) in [7, 11) is 0. The molecule has 2 aliphatic heterocycles. The van der Waals surface area contributed by atoms with Crippen LogP contribution in [0.3, 0.4) is 0 Å². The molecular formula is C15H23N3OS. The van der Waals surface area contributed by atoms with Crippen molar-refractivity contribution in [2.75, 3.05) is 32.7 Å². The maximum absolute atomic E-state index is 12.4. The van der Waals surface area contributed by atoms with Crippen LogP contribution in [-0.4, -0.2) is 48.4 Å². The fourth-order valence-electron chi connectivity index (χ4n) is 3.24. The molecule has 1 aromatic heterocycles. The Labute approximate surface area is 124 Å². The van der Waals surface area contributed by atoms with Gasteiger partial charge in [0.15, 0.2) is 0 Å². The van der Waals surface area contributed by atoms with E-state index in [9.17, 15) is 4.79 Å². The maximum atomic E-state index is 12.4. The van der Waals surface area contributed by atoms with Crippen molar-refractivity contribution in [2.45, 2.75) is 25.8 Å². The van der Waals surface area contributed by atoms with Gasteiger partial charge in [-0.2, -0.15) is 0 Å². The van der Waals surface area contributed by atoms with E-state index in [-0.39, 0.29) is 5.91 Å². The van der Waals surface area contributed by atoms with Crippen molar-refractivity contribution >= 4 is 17.2 Å². The molecule has 1 atom stereocenters. The van der Waals surface area contributed by atoms with Crippen LogP contribution in [0.2, 0.25) is 0 Å². The fraction of sp³-hybridized carbons (Fsp3) is 0.667. The molecule has 4 nitrogen and oxygen atoms in total. The number of hydrogen-bond donors (Lipinski definition) is 1. The van der Waals surface area contributed by atoms with Crippen molar-refractivity contribution in [2.24, 2.45) is 11.7 Å². The number of rotatable bonds is 3. The molecule has 0 aromatic carbocycles. The maximum Gasteiger partial charge on any atom is 0.237 e. The minimum absolute atomic E-state index is 0.277. The molecule has 1 aromatic rings. The number of piperidine rings is 1. The summed E-state index contributed by atoms with van der Waals surface area (Å²) in [5.74, 6) is 0.848. The summed E-state index contributed by atoms with van der Waals surface area (Å²) >= 11 is 1.82. The number of fused-ring (bicyclic) bond motifs is 1. The van der Waals surface area contributed by atoms with Gasteiger partial charge in [-0.1, -0.05) is 0 Å². The van der Waals surface area contributed by atoms with Crippen LogP contribution in [0.15, 0.2) is 11.4 Å². The first kappa shape index (κ1) is 14.0. The van der Waals surface area contributed by atoms with Crippen molar-refractivity contribution in [1.82, 2.24) is 9.80 Å². The predicted molar refractivity (Wildman–Crippen MR) is 81.7 cm³/mol. The zero-order valence-corrected chi connectivity index (χ0v) is 12.7. The van der Waals surface area contributed by atoms with Crippen molar-refractivity contribution in [3.63, 3.8) is 0 Å². The van der Waals surface area contributed by atoms with Gasteiger partial charge in [-0.25, -0.2) is 0 Å². The lowest BCUT2D eigenvalue weighted by Gasteiger charge is -2.34. The number of amides is 1. The molecule has 1 unspecified atom stereocenters. The number of nitrogens with two attached hydrogens (primary N) is 1. The van der Waals surface area contributed by atoms with Gasteiger partial charge in [-0.3, -0.25) is 9.69 Å². The first-order valence-electron chi connectivity index (χ1n) is 7.51. The second kappa shape index (κ2) is 6.24. The average Bonchev–Trinajstić information content (AvgIpc) is 2.94. The van der Waals surface area contributed by atoms with Gasteiger partial charge in [-0.05, 0) is 55.3 Å². The Bertz CT molecular complexity index is 473. The molecule has 0 spiro atoms. The molecular weight excluding hydrogens is 270 g/mol. The molecule has 110 valence electrons. The van der Waals surface area contributed by atoms with E-state index in [1.807, 2.05) is 16.2 Å². The third kappa shape index (κ3) is 3.05. The number of carbonyl (C=O) groups excluding carboxylic acids is 1. The zero-order valence-electron chi connectivity index (χ0n) is 11.9. The second-order valence-electron chi connectivity index (χ2n) is 5.91. The standard InChI is InChI=1S/C15H23N3OS/c16-8-12-2-1-5-17(9-12)11-15(19)18-6-3-14-13(10-18)4-7-20-14/h4,7,12H,1-3,5-6,8-11,16H2. The van der Waals surface area contributed by atoms with Crippen molar-refractivity contribution < 1.29 is 4.79 Å². The number of nitrogens with zero attached hydrogens (tertiary/aromatic N) is 2. The van der Waals surface area contributed by atoms with E-state index in [4.69, 9.17) is 5.73 Å². The number of likely N-dealkylation sites (tertiary alicyclic amines) is 1. The minimum atomic E-state index is 0.277. The fourth-order valence-corrected chi connectivity index (χ4v) is 4.13. The lowest BCUT2D eigenvalue weighted by Crippen LogP contribution is -2.46. The molecule has 2 N–H and O–H groups in total. The SMILES string of the molecule is NCC1CCCN(CC(=O)N2CCc3sccc3C2)C1. The summed E-state index contributed by atoms with van der Waals surface area (Å²) < 4.78 is 0. The van der Waals surface area contributed by atoms with Crippen LogP contribution in [0.25, 0.3) is 0 Å². The highest BCUT2D eigenvalue weighted by atomic mass is 32.1. The highest BCUT2D eigenvalue weighted by Gasteiger charge is 2.25. The van der Waals surface area contributed by atoms with Crippen molar-refractivity contribution in [3.8, 4) is 0 Å². The van der Waals surface area contributed by atoms with E-state index in [1.54, 1.807) is 0 Å². The molecule has 1 saturated heterocycles. The molecule has 0 aliphatic carbocycles. The van der Waals surface area contributed by atoms with Gasteiger partial charge in [0.1, 0.15) is 0 Å². The van der Waals surface area contributed by atoms with Crippen LogP contribution >= 0.6 is 11.3 Å². The van der Waals surface area contributed by atoms with Gasteiger partial charge >= 0.3 is 0 Å². The molecule has 5 heteroatoms. The summed E-state index contributed by atoms with van der Waals surface area (Å²) in [6.45, 7) is 5.01. The van der Waals surface area contributed by atoms with E-state index >= 15 is 0 Å². The van der Waals surface area contributed by atoms with Crippen LogP contribution in [0.5, 0.6) is 0 Å². The van der Waals surface area contributed by atoms with Crippen molar-refractivity contribution in [3.05, 3.63) is 21.9 Å². The highest BCUT2D eigenvalue weighted by molar-refractivity contribution is 7.10. The topological polar surface area (TPSA) is 49.6 Å². The summed E-state index contributed by atoms with van der Waals surface area (Å²) in [6, 6.07) is 2.16. The van der Waals surface area contributed by atoms with Gasteiger partial charge in [-0.15, -0.1) is 11.3 Å². The Balaban J connectivity index is 1.55. The molecule has 20 heavy (non-hydrogen) atoms. The average molecular weight is 293 g/mol. The van der Waals surface area contributed by atoms with Gasteiger partial charge in [0.05, 0.1) is 6.54 Å². The largest absolute Gasteiger partial charge is 0.337 e. The smallest absolute Gasteiger partial charge is 0.237 e. The van der Waals surface area contributed by atoms with Gasteiger partial charge in [0.2, 0.25) is 5.91 Å². The third-order valence-corrected chi connectivity index (χ3v) is 5.48. The van der Waals surface area contributed by atoms with E-state index < -0.39 is 0 Å². The van der Waals surface area contributed by atoms with Crippen LogP contribution in [0, 0.1) is 5.92 Å². The van der Waals surface area contributed by atoms with Crippen LogP contribution in [-0.2, 0) is 17.8 Å². The Kier molecular flexibility index (Phi) is 4.38. The molecule has 3 rings (SSSR count). The number of carbonyl (C=O) groups is 1. The van der Waals surface area contributed by atoms with E-state index in [1.165, 1.54) is 23.3 Å². The van der Waals surface area contributed by atoms with E-state index in [0.717, 1.165) is 39.1 Å². The zero-order chi connectivity index (χ0) is 13.9. The Morgan fingerprint density at radius 2 is 2.35 bits per heavy atom. The van der Waals surface area contributed by atoms with Crippen molar-refractivity contribution in [1.29, 1.82) is 0 Å². The highest BCUT2D eigenvalue weighted by Crippen LogP contribution is 2.24. The lowest BCUT2D eigenvalue weighted by molar-refractivity contribution is -0.133. The predicted octanol–water partition coefficient (Wildman–Crippen LogP) is 1.30. The molecule has 1 amide bonds. The summed E-state index contributed by atoms with van der Waals surface area (Å²) in [4.78, 5) is 18.2. The first-order valence-corrected chi connectivity index (χ1v) is 8.39. The lowest BCUT2D eigenvalue weighted by atomic mass is 9.98. The van der Waals surface area contributed by atoms with E-state index in [2.05, 4.69) is 16.3 Å². The van der Waals surface area contributed by atoms with Gasteiger partial charge in [0, 0.05) is 24.5 Å². The molecule has 0 radical (unpaired) electrons. The molecule has 0 saturated carbocycles. The summed E-state index contributed by atoms with van der Waals surface area (Å²) in [5.41, 5.74) is 7.10. The monoisotopic (exact) mass is 293 g/mol. The summed E-state index contributed by atoms with van der Waals surface area (Å²) in [6.07, 6.45) is 3.40. The summed E-state index contributed by atoms with van der Waals surface area (Å²) in [5, 5.41) is 2.13. The molecule has 3 heterocycles. The van der Waals surface area contributed by atoms with Crippen LogP contribution < -0.4 is 5.73 Å². The first-order chi connectivity index (χ1) is 9.76. The molecule has 1 fully saturated rings. The van der Waals surface area contributed by atoms with Gasteiger partial charge in [0.25, 0.3) is 0 Å². The molecule has 2 aliphatic rings. The molecule has 0 bridgehead atoms. The van der Waals surface area contributed by atoms with Gasteiger partial charge < -0.3 is 10.6 Å². The Hall–Kier alpha value is -0.910. The minimum Gasteiger partial charge on any atom is -0.337 e.